The van der Waals surface area contributed by atoms with Crippen LogP contribution in [0.2, 0.25) is 0 Å². The SMILES string of the molecule is Cc1c(C(=O)N(CCO)C2CC2)oc2c1C(=O)CC(C)(C)C2. The van der Waals surface area contributed by atoms with Crippen molar-refractivity contribution in [1.82, 2.24) is 4.90 Å². The van der Waals surface area contributed by atoms with Gasteiger partial charge in [-0.15, -0.1) is 0 Å². The number of fused-ring (bicyclic) bond motifs is 1. The van der Waals surface area contributed by atoms with Crippen LogP contribution in [0, 0.1) is 12.3 Å². The molecule has 1 N–H and O–H groups in total. The van der Waals surface area contributed by atoms with Crippen LogP contribution in [0.15, 0.2) is 4.42 Å². The first-order chi connectivity index (χ1) is 10.3. The molecule has 3 rings (SSSR count). The van der Waals surface area contributed by atoms with E-state index in [1.807, 2.05) is 13.8 Å². The van der Waals surface area contributed by atoms with Gasteiger partial charge in [0, 0.05) is 31.0 Å². The molecule has 120 valence electrons. The Bertz CT molecular complexity index is 625. The highest BCUT2D eigenvalue weighted by Crippen LogP contribution is 2.39. The molecule has 1 aromatic rings. The first-order valence-electron chi connectivity index (χ1n) is 7.91. The van der Waals surface area contributed by atoms with Crippen molar-refractivity contribution in [1.29, 1.82) is 0 Å². The Morgan fingerprint density at radius 1 is 1.36 bits per heavy atom. The Balaban J connectivity index is 1.95. The summed E-state index contributed by atoms with van der Waals surface area (Å²) >= 11 is 0. The minimum atomic E-state index is -0.200. The van der Waals surface area contributed by atoms with E-state index in [4.69, 9.17) is 4.42 Å². The summed E-state index contributed by atoms with van der Waals surface area (Å²) in [7, 11) is 0. The van der Waals surface area contributed by atoms with Gasteiger partial charge >= 0.3 is 0 Å². The van der Waals surface area contributed by atoms with Gasteiger partial charge in [-0.25, -0.2) is 0 Å². The Hall–Kier alpha value is -1.62. The highest BCUT2D eigenvalue weighted by Gasteiger charge is 2.39. The van der Waals surface area contributed by atoms with E-state index in [2.05, 4.69) is 0 Å². The van der Waals surface area contributed by atoms with Crippen molar-refractivity contribution < 1.29 is 19.1 Å². The molecule has 1 saturated carbocycles. The van der Waals surface area contributed by atoms with Crippen molar-refractivity contribution in [3.05, 3.63) is 22.6 Å². The third-order valence-electron chi connectivity index (χ3n) is 4.56. The van der Waals surface area contributed by atoms with Crippen molar-refractivity contribution in [3.8, 4) is 0 Å². The number of ketones is 1. The third kappa shape index (κ3) is 2.58. The molecule has 5 heteroatoms. The van der Waals surface area contributed by atoms with Crippen molar-refractivity contribution in [3.63, 3.8) is 0 Å². The predicted molar refractivity (Wildman–Crippen MR) is 81.0 cm³/mol. The molecule has 1 heterocycles. The van der Waals surface area contributed by atoms with E-state index < -0.39 is 0 Å². The number of Topliss-reactive ketones (excluding diaryl/α,β-unsaturated/α-hetero) is 1. The summed E-state index contributed by atoms with van der Waals surface area (Å²) in [6, 6.07) is 0.202. The fourth-order valence-corrected chi connectivity index (χ4v) is 3.36. The predicted octanol–water partition coefficient (Wildman–Crippen LogP) is 2.34. The maximum Gasteiger partial charge on any atom is 0.290 e. The smallest absolute Gasteiger partial charge is 0.290 e. The zero-order valence-electron chi connectivity index (χ0n) is 13.4. The summed E-state index contributed by atoms with van der Waals surface area (Å²) < 4.78 is 5.82. The molecule has 2 aliphatic carbocycles. The maximum atomic E-state index is 12.7. The van der Waals surface area contributed by atoms with Crippen molar-refractivity contribution in [2.24, 2.45) is 5.41 Å². The van der Waals surface area contributed by atoms with E-state index in [1.165, 1.54) is 0 Å². The van der Waals surface area contributed by atoms with Gasteiger partial charge in [0.25, 0.3) is 5.91 Å². The van der Waals surface area contributed by atoms with E-state index in [-0.39, 0.29) is 35.5 Å². The van der Waals surface area contributed by atoms with E-state index in [0.717, 1.165) is 12.8 Å². The topological polar surface area (TPSA) is 70.8 Å². The molecule has 5 nitrogen and oxygen atoms in total. The minimum absolute atomic E-state index is 0.0617. The molecular weight excluding hydrogens is 282 g/mol. The Morgan fingerprint density at radius 2 is 2.05 bits per heavy atom. The molecule has 22 heavy (non-hydrogen) atoms. The second kappa shape index (κ2) is 5.23. The second-order valence-corrected chi connectivity index (χ2v) is 7.25. The average Bonchev–Trinajstić information content (AvgIpc) is 3.19. The van der Waals surface area contributed by atoms with Crippen molar-refractivity contribution >= 4 is 11.7 Å². The fourth-order valence-electron chi connectivity index (χ4n) is 3.36. The molecule has 0 spiro atoms. The van der Waals surface area contributed by atoms with E-state index in [1.54, 1.807) is 11.8 Å². The average molecular weight is 305 g/mol. The standard InChI is InChI=1S/C17H23NO4/c1-10-14-12(20)8-17(2,3)9-13(14)22-15(10)16(21)18(6-7-19)11-4-5-11/h11,19H,4-9H2,1-3H3. The first-order valence-corrected chi connectivity index (χ1v) is 7.91. The van der Waals surface area contributed by atoms with Gasteiger partial charge in [0.15, 0.2) is 11.5 Å². The first kappa shape index (κ1) is 15.3. The summed E-state index contributed by atoms with van der Waals surface area (Å²) in [6.45, 7) is 6.11. The highest BCUT2D eigenvalue weighted by molar-refractivity contribution is 6.03. The van der Waals surface area contributed by atoms with Crippen LogP contribution in [0.5, 0.6) is 0 Å². The monoisotopic (exact) mass is 305 g/mol. The number of hydrogen-bond acceptors (Lipinski definition) is 4. The number of amides is 1. The number of carbonyl (C=O) groups excluding carboxylic acids is 2. The molecule has 0 radical (unpaired) electrons. The summed E-state index contributed by atoms with van der Waals surface area (Å²) in [6.07, 6.45) is 3.09. The molecule has 1 fully saturated rings. The quantitative estimate of drug-likeness (QED) is 0.927. The molecule has 0 atom stereocenters. The summed E-state index contributed by atoms with van der Waals surface area (Å²) in [4.78, 5) is 26.8. The van der Waals surface area contributed by atoms with Crippen LogP contribution in [-0.2, 0) is 6.42 Å². The number of nitrogens with zero attached hydrogens (tertiary/aromatic N) is 1. The summed E-state index contributed by atoms with van der Waals surface area (Å²) in [5.74, 6) is 0.777. The Labute approximate surface area is 130 Å². The lowest BCUT2D eigenvalue weighted by atomic mass is 9.76. The van der Waals surface area contributed by atoms with Crippen LogP contribution < -0.4 is 0 Å². The lowest BCUT2D eigenvalue weighted by molar-refractivity contribution is 0.0670. The Morgan fingerprint density at radius 3 is 2.64 bits per heavy atom. The minimum Gasteiger partial charge on any atom is -0.455 e. The van der Waals surface area contributed by atoms with Crippen LogP contribution >= 0.6 is 0 Å². The van der Waals surface area contributed by atoms with Crippen molar-refractivity contribution in [2.45, 2.75) is 52.5 Å². The van der Waals surface area contributed by atoms with Gasteiger partial charge in [-0.05, 0) is 25.2 Å². The van der Waals surface area contributed by atoms with Gasteiger partial charge < -0.3 is 14.4 Å². The third-order valence-corrected chi connectivity index (χ3v) is 4.56. The van der Waals surface area contributed by atoms with Crippen LogP contribution in [0.4, 0.5) is 0 Å². The fraction of sp³-hybridized carbons (Fsp3) is 0.647. The lowest BCUT2D eigenvalue weighted by Crippen LogP contribution is -2.35. The van der Waals surface area contributed by atoms with Gasteiger partial charge in [-0.3, -0.25) is 9.59 Å². The maximum absolute atomic E-state index is 12.7. The molecule has 0 bridgehead atoms. The van der Waals surface area contributed by atoms with Gasteiger partial charge in [0.1, 0.15) is 5.76 Å². The zero-order chi connectivity index (χ0) is 16.1. The molecule has 2 aliphatic rings. The number of aliphatic hydroxyl groups is 1. The molecular formula is C17H23NO4. The molecule has 1 amide bonds. The van der Waals surface area contributed by atoms with Crippen LogP contribution in [0.25, 0.3) is 0 Å². The molecule has 0 aliphatic heterocycles. The van der Waals surface area contributed by atoms with Gasteiger partial charge in [-0.2, -0.15) is 0 Å². The number of rotatable bonds is 4. The number of furan rings is 1. The normalized spacial score (nSPS) is 19.9. The highest BCUT2D eigenvalue weighted by atomic mass is 16.4. The molecule has 0 saturated heterocycles. The van der Waals surface area contributed by atoms with Crippen LogP contribution in [0.3, 0.4) is 0 Å². The number of hydrogen-bond donors (Lipinski definition) is 1. The Kier molecular flexibility index (Phi) is 3.63. The molecule has 0 aromatic carbocycles. The summed E-state index contributed by atoms with van der Waals surface area (Å²) in [5, 5.41) is 9.17. The number of aliphatic hydroxyl groups excluding tert-OH is 1. The molecule has 0 unspecified atom stereocenters. The lowest BCUT2D eigenvalue weighted by Gasteiger charge is -2.27. The van der Waals surface area contributed by atoms with Crippen LogP contribution in [0.1, 0.15) is 65.3 Å². The van der Waals surface area contributed by atoms with E-state index >= 15 is 0 Å². The van der Waals surface area contributed by atoms with E-state index in [9.17, 15) is 14.7 Å². The zero-order valence-corrected chi connectivity index (χ0v) is 13.4. The van der Waals surface area contributed by atoms with Crippen LogP contribution in [-0.4, -0.2) is 40.9 Å². The van der Waals surface area contributed by atoms with E-state index in [0.29, 0.717) is 36.3 Å². The van der Waals surface area contributed by atoms with Gasteiger partial charge in [-0.1, -0.05) is 13.8 Å². The second-order valence-electron chi connectivity index (χ2n) is 7.25. The van der Waals surface area contributed by atoms with Crippen molar-refractivity contribution in [2.75, 3.05) is 13.2 Å². The van der Waals surface area contributed by atoms with Gasteiger partial charge in [0.05, 0.1) is 12.2 Å². The largest absolute Gasteiger partial charge is 0.455 e. The summed E-state index contributed by atoms with van der Waals surface area (Å²) in [5.41, 5.74) is 1.13. The number of carbonyl (C=O) groups is 2. The van der Waals surface area contributed by atoms with Gasteiger partial charge in [0.2, 0.25) is 0 Å². The molecule has 1 aromatic heterocycles.